The van der Waals surface area contributed by atoms with Crippen LogP contribution in [0.25, 0.3) is 5.65 Å². The van der Waals surface area contributed by atoms with Gasteiger partial charge in [-0.3, -0.25) is 0 Å². The summed E-state index contributed by atoms with van der Waals surface area (Å²) < 4.78 is 39.7. The molecule has 5 nitrogen and oxygen atoms in total. The number of nitrogens with zero attached hydrogens (tertiary/aromatic N) is 3. The van der Waals surface area contributed by atoms with Crippen LogP contribution in [0.5, 0.6) is 0 Å². The first-order valence-electron chi connectivity index (χ1n) is 4.84. The molecular formula is C9H10F3N5. The van der Waals surface area contributed by atoms with Crippen LogP contribution < -0.4 is 11.1 Å². The van der Waals surface area contributed by atoms with E-state index in [0.29, 0.717) is 5.65 Å². The summed E-state index contributed by atoms with van der Waals surface area (Å²) in [5, 5.41) is 6.14. The zero-order valence-electron chi connectivity index (χ0n) is 8.70. The molecule has 2 rings (SSSR count). The number of fused-ring (bicyclic) bond motifs is 1. The van der Waals surface area contributed by atoms with Crippen molar-refractivity contribution >= 4 is 11.6 Å². The van der Waals surface area contributed by atoms with Crippen molar-refractivity contribution in [1.82, 2.24) is 14.6 Å². The van der Waals surface area contributed by atoms with Crippen LogP contribution in [0.2, 0.25) is 0 Å². The van der Waals surface area contributed by atoms with Crippen LogP contribution in [-0.2, 0) is 0 Å². The van der Waals surface area contributed by atoms with Gasteiger partial charge in [0.1, 0.15) is 5.82 Å². The van der Waals surface area contributed by atoms with Crippen LogP contribution in [0.3, 0.4) is 0 Å². The second kappa shape index (κ2) is 4.21. The van der Waals surface area contributed by atoms with Gasteiger partial charge in [0.05, 0.1) is 19.3 Å². The number of anilines is 1. The molecule has 0 saturated heterocycles. The predicted octanol–water partition coefficient (Wildman–Crippen LogP) is 0.874. The van der Waals surface area contributed by atoms with Gasteiger partial charge in [0.2, 0.25) is 5.95 Å². The number of nitrogens with one attached hydrogen (secondary N) is 1. The van der Waals surface area contributed by atoms with E-state index >= 15 is 0 Å². The molecule has 0 aliphatic heterocycles. The van der Waals surface area contributed by atoms with E-state index in [0.717, 1.165) is 10.7 Å². The highest BCUT2D eigenvalue weighted by Gasteiger charge is 2.26. The lowest BCUT2D eigenvalue weighted by Crippen LogP contribution is -2.35. The lowest BCUT2D eigenvalue weighted by atomic mass is 10.3. The molecule has 2 aromatic rings. The minimum absolute atomic E-state index is 0.00345. The second-order valence-electron chi connectivity index (χ2n) is 3.50. The first-order valence-corrected chi connectivity index (χ1v) is 4.84. The average Bonchev–Trinajstić information content (AvgIpc) is 2.68. The maximum absolute atomic E-state index is 12.8. The van der Waals surface area contributed by atoms with Gasteiger partial charge in [-0.2, -0.15) is 4.98 Å². The number of hydrogen-bond acceptors (Lipinski definition) is 4. The molecule has 17 heavy (non-hydrogen) atoms. The highest BCUT2D eigenvalue weighted by Crippen LogP contribution is 2.12. The van der Waals surface area contributed by atoms with Crippen LogP contribution in [0.1, 0.15) is 0 Å². The topological polar surface area (TPSA) is 68.2 Å². The van der Waals surface area contributed by atoms with Crippen LogP contribution >= 0.6 is 0 Å². The molecule has 8 heteroatoms. The van der Waals surface area contributed by atoms with Crippen LogP contribution in [0.15, 0.2) is 18.3 Å². The van der Waals surface area contributed by atoms with E-state index in [9.17, 15) is 13.2 Å². The monoisotopic (exact) mass is 245 g/mol. The summed E-state index contributed by atoms with van der Waals surface area (Å²) in [6.45, 7) is -1.43. The minimum atomic E-state index is -3.03. The number of pyridine rings is 1. The van der Waals surface area contributed by atoms with Crippen molar-refractivity contribution in [3.8, 4) is 0 Å². The molecule has 0 saturated carbocycles. The van der Waals surface area contributed by atoms with Gasteiger partial charge in [0.25, 0.3) is 5.92 Å². The number of aromatic nitrogens is 3. The summed E-state index contributed by atoms with van der Waals surface area (Å²) in [6.07, 6.45) is 1.11. The molecule has 0 atom stereocenters. The Bertz CT molecular complexity index is 524. The summed E-state index contributed by atoms with van der Waals surface area (Å²) in [5.41, 5.74) is 5.25. The van der Waals surface area contributed by atoms with Crippen molar-refractivity contribution in [2.45, 2.75) is 5.92 Å². The number of hydrogen-bond donors (Lipinski definition) is 2. The fraction of sp³-hybridized carbons (Fsp3) is 0.333. The van der Waals surface area contributed by atoms with E-state index in [-0.39, 0.29) is 5.95 Å². The first kappa shape index (κ1) is 11.6. The molecular weight excluding hydrogens is 235 g/mol. The van der Waals surface area contributed by atoms with Crippen molar-refractivity contribution in [3.05, 3.63) is 24.1 Å². The summed E-state index contributed by atoms with van der Waals surface area (Å²) in [6, 6.07) is 2.61. The second-order valence-corrected chi connectivity index (χ2v) is 3.50. The molecule has 0 aromatic carbocycles. The van der Waals surface area contributed by atoms with Gasteiger partial charge in [-0.05, 0) is 12.1 Å². The maximum atomic E-state index is 12.8. The highest BCUT2D eigenvalue weighted by atomic mass is 19.3. The predicted molar refractivity (Wildman–Crippen MR) is 55.4 cm³/mol. The Balaban J connectivity index is 2.15. The van der Waals surface area contributed by atoms with Crippen molar-refractivity contribution in [1.29, 1.82) is 0 Å². The molecule has 92 valence electrons. The van der Waals surface area contributed by atoms with E-state index in [1.165, 1.54) is 12.1 Å². The van der Waals surface area contributed by atoms with Crippen LogP contribution in [0.4, 0.5) is 19.1 Å². The van der Waals surface area contributed by atoms with Crippen LogP contribution in [-0.4, -0.2) is 33.6 Å². The van der Waals surface area contributed by atoms with Gasteiger partial charge in [-0.25, -0.2) is 17.7 Å². The third-order valence-electron chi connectivity index (χ3n) is 2.10. The standard InChI is InChI=1S/C9H10F3N5/c10-6-1-2-7-15-8(16-17(7)3-6)14-5-9(11,12)4-13/h1-3H,4-5,13H2,(H,14,16). The van der Waals surface area contributed by atoms with E-state index in [4.69, 9.17) is 5.73 Å². The van der Waals surface area contributed by atoms with Gasteiger partial charge in [-0.15, -0.1) is 5.10 Å². The molecule has 3 N–H and O–H groups in total. The first-order chi connectivity index (χ1) is 8.00. The Morgan fingerprint density at radius 3 is 2.88 bits per heavy atom. The third-order valence-corrected chi connectivity index (χ3v) is 2.10. The molecule has 0 fully saturated rings. The Morgan fingerprint density at radius 2 is 2.18 bits per heavy atom. The van der Waals surface area contributed by atoms with Crippen LogP contribution in [0, 0.1) is 5.82 Å². The zero-order valence-corrected chi connectivity index (χ0v) is 8.70. The number of rotatable bonds is 4. The lowest BCUT2D eigenvalue weighted by molar-refractivity contribution is 0.0252. The average molecular weight is 245 g/mol. The Morgan fingerprint density at radius 1 is 1.41 bits per heavy atom. The molecule has 0 aliphatic rings. The third kappa shape index (κ3) is 2.64. The van der Waals surface area contributed by atoms with Gasteiger partial charge < -0.3 is 11.1 Å². The number of alkyl halides is 2. The van der Waals surface area contributed by atoms with Crippen molar-refractivity contribution < 1.29 is 13.2 Å². The van der Waals surface area contributed by atoms with Gasteiger partial charge >= 0.3 is 0 Å². The lowest BCUT2D eigenvalue weighted by Gasteiger charge is -2.12. The van der Waals surface area contributed by atoms with E-state index < -0.39 is 24.8 Å². The highest BCUT2D eigenvalue weighted by molar-refractivity contribution is 5.43. The van der Waals surface area contributed by atoms with E-state index in [1.54, 1.807) is 0 Å². The molecule has 0 radical (unpaired) electrons. The van der Waals surface area contributed by atoms with Crippen molar-refractivity contribution in [2.75, 3.05) is 18.4 Å². The minimum Gasteiger partial charge on any atom is -0.347 e. The Labute approximate surface area is 94.4 Å². The number of nitrogens with two attached hydrogens (primary N) is 1. The Hall–Kier alpha value is -1.83. The molecule has 0 bridgehead atoms. The molecule has 2 heterocycles. The molecule has 0 amide bonds. The van der Waals surface area contributed by atoms with Gasteiger partial charge in [0, 0.05) is 0 Å². The van der Waals surface area contributed by atoms with Gasteiger partial charge in [-0.1, -0.05) is 0 Å². The van der Waals surface area contributed by atoms with Gasteiger partial charge in [0.15, 0.2) is 5.65 Å². The SMILES string of the molecule is NCC(F)(F)CNc1nc2ccc(F)cn2n1. The number of halogens is 3. The van der Waals surface area contributed by atoms with E-state index in [1.807, 2.05) is 0 Å². The largest absolute Gasteiger partial charge is 0.347 e. The summed E-state index contributed by atoms with van der Waals surface area (Å²) >= 11 is 0. The smallest absolute Gasteiger partial charge is 0.277 e. The fourth-order valence-corrected chi connectivity index (χ4v) is 1.21. The van der Waals surface area contributed by atoms with E-state index in [2.05, 4.69) is 15.4 Å². The maximum Gasteiger partial charge on any atom is 0.277 e. The molecule has 2 aromatic heterocycles. The normalized spacial score (nSPS) is 12.0. The summed E-state index contributed by atoms with van der Waals surface area (Å²) in [5.74, 6) is -3.51. The molecule has 0 aliphatic carbocycles. The van der Waals surface area contributed by atoms with Crippen molar-refractivity contribution in [2.24, 2.45) is 5.73 Å². The quantitative estimate of drug-likeness (QED) is 0.838. The molecule has 0 spiro atoms. The fourth-order valence-electron chi connectivity index (χ4n) is 1.21. The summed E-state index contributed by atoms with van der Waals surface area (Å²) in [7, 11) is 0. The van der Waals surface area contributed by atoms with Crippen molar-refractivity contribution in [3.63, 3.8) is 0 Å². The Kier molecular flexibility index (Phi) is 2.88. The zero-order chi connectivity index (χ0) is 12.5. The summed E-state index contributed by atoms with van der Waals surface area (Å²) in [4.78, 5) is 3.89. The molecule has 0 unspecified atom stereocenters.